The van der Waals surface area contributed by atoms with Gasteiger partial charge in [0.2, 0.25) is 0 Å². The quantitative estimate of drug-likeness (QED) is 0.805. The first-order valence-electron chi connectivity index (χ1n) is 7.65. The highest BCUT2D eigenvalue weighted by Gasteiger charge is 2.27. The van der Waals surface area contributed by atoms with Gasteiger partial charge in [-0.05, 0) is 17.2 Å². The second-order valence-corrected chi connectivity index (χ2v) is 5.40. The van der Waals surface area contributed by atoms with Gasteiger partial charge in [-0.1, -0.05) is 48.5 Å². The summed E-state index contributed by atoms with van der Waals surface area (Å²) in [6.45, 7) is 0. The summed E-state index contributed by atoms with van der Waals surface area (Å²) in [6.07, 6.45) is -0.898. The number of benzene rings is 2. The molecule has 0 bridgehead atoms. The Balaban J connectivity index is 2.17. The third-order valence-electron chi connectivity index (χ3n) is 3.75. The molecule has 6 heteroatoms. The zero-order chi connectivity index (χ0) is 18.2. The third-order valence-corrected chi connectivity index (χ3v) is 3.75. The maximum atomic E-state index is 12.5. The summed E-state index contributed by atoms with van der Waals surface area (Å²) >= 11 is 0. The Morgan fingerprint density at radius 2 is 1.80 bits per heavy atom. The number of carbonyl (C=O) groups is 2. The summed E-state index contributed by atoms with van der Waals surface area (Å²) < 4.78 is 5.22. The second kappa shape index (κ2) is 8.62. The van der Waals surface area contributed by atoms with Crippen LogP contribution in [0, 0.1) is 11.3 Å². The van der Waals surface area contributed by atoms with Gasteiger partial charge in [-0.2, -0.15) is 5.26 Å². The van der Waals surface area contributed by atoms with E-state index in [1.54, 1.807) is 48.5 Å². The van der Waals surface area contributed by atoms with Crippen LogP contribution in [0.3, 0.4) is 0 Å². The number of carboxylic acids is 1. The largest absolute Gasteiger partial charge is 0.480 e. The molecule has 1 amide bonds. The highest BCUT2D eigenvalue weighted by molar-refractivity contribution is 5.87. The molecule has 128 valence electrons. The van der Waals surface area contributed by atoms with Gasteiger partial charge >= 0.3 is 5.97 Å². The summed E-state index contributed by atoms with van der Waals surface area (Å²) in [5.74, 6) is -1.72. The number of nitrogens with zero attached hydrogens (tertiary/aromatic N) is 1. The molecule has 0 saturated carbocycles. The van der Waals surface area contributed by atoms with Crippen molar-refractivity contribution in [2.24, 2.45) is 0 Å². The average Bonchev–Trinajstić information content (AvgIpc) is 2.63. The van der Waals surface area contributed by atoms with E-state index in [1.807, 2.05) is 12.1 Å². The molecule has 0 saturated heterocycles. The van der Waals surface area contributed by atoms with Gasteiger partial charge in [-0.3, -0.25) is 4.79 Å². The summed E-state index contributed by atoms with van der Waals surface area (Å²) in [5, 5.41) is 21.0. The number of methoxy groups -OCH3 is 1. The number of rotatable bonds is 7. The summed E-state index contributed by atoms with van der Waals surface area (Å²) in [5.41, 5.74) is 1.57. The van der Waals surface area contributed by atoms with Crippen LogP contribution in [0.1, 0.15) is 22.8 Å². The average molecular weight is 338 g/mol. The van der Waals surface area contributed by atoms with Crippen molar-refractivity contribution in [1.82, 2.24) is 5.32 Å². The molecule has 2 aromatic carbocycles. The molecule has 6 nitrogen and oxygen atoms in total. The molecule has 0 aliphatic heterocycles. The Hall–Kier alpha value is -3.17. The minimum absolute atomic E-state index is 0.00995. The van der Waals surface area contributed by atoms with Crippen molar-refractivity contribution >= 4 is 11.9 Å². The van der Waals surface area contributed by atoms with Crippen molar-refractivity contribution < 1.29 is 19.4 Å². The van der Waals surface area contributed by atoms with Gasteiger partial charge in [-0.25, -0.2) is 4.79 Å². The fourth-order valence-corrected chi connectivity index (χ4v) is 2.50. The highest BCUT2D eigenvalue weighted by atomic mass is 16.5. The number of hydrogen-bond donors (Lipinski definition) is 2. The van der Waals surface area contributed by atoms with Gasteiger partial charge in [0.05, 0.1) is 11.6 Å². The van der Waals surface area contributed by atoms with E-state index in [2.05, 4.69) is 5.32 Å². The van der Waals surface area contributed by atoms with Crippen LogP contribution in [-0.4, -0.2) is 30.1 Å². The Bertz CT molecular complexity index is 784. The zero-order valence-corrected chi connectivity index (χ0v) is 13.7. The van der Waals surface area contributed by atoms with E-state index in [4.69, 9.17) is 10.00 Å². The van der Waals surface area contributed by atoms with E-state index >= 15 is 0 Å². The van der Waals surface area contributed by atoms with Crippen molar-refractivity contribution in [1.29, 1.82) is 5.26 Å². The molecule has 0 fully saturated rings. The van der Waals surface area contributed by atoms with Crippen LogP contribution in [0.4, 0.5) is 0 Å². The van der Waals surface area contributed by atoms with Gasteiger partial charge in [0, 0.05) is 13.5 Å². The number of hydrogen-bond acceptors (Lipinski definition) is 4. The minimum atomic E-state index is -1.18. The van der Waals surface area contributed by atoms with E-state index < -0.39 is 24.0 Å². The molecule has 0 aliphatic rings. The van der Waals surface area contributed by atoms with E-state index in [0.717, 1.165) is 0 Å². The van der Waals surface area contributed by atoms with Crippen LogP contribution in [0.5, 0.6) is 0 Å². The zero-order valence-electron chi connectivity index (χ0n) is 13.7. The molecule has 0 unspecified atom stereocenters. The molecule has 0 heterocycles. The predicted octanol–water partition coefficient (Wildman–Crippen LogP) is 2.06. The monoisotopic (exact) mass is 338 g/mol. The summed E-state index contributed by atoms with van der Waals surface area (Å²) in [6, 6.07) is 16.4. The highest BCUT2D eigenvalue weighted by Crippen LogP contribution is 2.17. The molecule has 0 aliphatic carbocycles. The molecule has 2 rings (SSSR count). The van der Waals surface area contributed by atoms with Crippen LogP contribution in [0.15, 0.2) is 54.6 Å². The van der Waals surface area contributed by atoms with E-state index in [0.29, 0.717) is 16.7 Å². The smallest absolute Gasteiger partial charge is 0.326 e. The molecule has 0 aromatic heterocycles. The fraction of sp³-hybridized carbons (Fsp3) is 0.211. The lowest BCUT2D eigenvalue weighted by atomic mass is 10.0. The van der Waals surface area contributed by atoms with Gasteiger partial charge in [-0.15, -0.1) is 0 Å². The fourth-order valence-electron chi connectivity index (χ4n) is 2.50. The Morgan fingerprint density at radius 1 is 1.16 bits per heavy atom. The molecule has 0 spiro atoms. The van der Waals surface area contributed by atoms with Crippen LogP contribution < -0.4 is 5.32 Å². The number of carbonyl (C=O) groups excluding carboxylic acids is 1. The maximum absolute atomic E-state index is 12.5. The predicted molar refractivity (Wildman–Crippen MR) is 90.6 cm³/mol. The van der Waals surface area contributed by atoms with Gasteiger partial charge in [0.15, 0.2) is 6.10 Å². The van der Waals surface area contributed by atoms with E-state index in [-0.39, 0.29) is 6.42 Å². The van der Waals surface area contributed by atoms with Crippen molar-refractivity contribution in [2.75, 3.05) is 7.11 Å². The number of carboxylic acid groups (broad SMARTS) is 1. The van der Waals surface area contributed by atoms with Gasteiger partial charge in [0.25, 0.3) is 5.91 Å². The number of aliphatic carboxylic acids is 1. The van der Waals surface area contributed by atoms with Crippen molar-refractivity contribution in [3.05, 3.63) is 71.3 Å². The van der Waals surface area contributed by atoms with Crippen LogP contribution >= 0.6 is 0 Å². The van der Waals surface area contributed by atoms with Crippen molar-refractivity contribution in [3.8, 4) is 6.07 Å². The van der Waals surface area contributed by atoms with Crippen LogP contribution in [0.2, 0.25) is 0 Å². The Labute approximate surface area is 145 Å². The first-order chi connectivity index (χ1) is 12.1. The minimum Gasteiger partial charge on any atom is -0.480 e. The standard InChI is InChI=1S/C19H18N2O4/c1-25-17(13-7-3-2-4-8-13)18(22)21-16(19(23)24)11-14-9-5-6-10-15(14)12-20/h2-10,16-17H,11H2,1H3,(H,21,22)(H,23,24)/t16-,17+/m1/s1. The molecule has 2 N–H and O–H groups in total. The lowest BCUT2D eigenvalue weighted by Crippen LogP contribution is -2.44. The Morgan fingerprint density at radius 3 is 2.40 bits per heavy atom. The van der Waals surface area contributed by atoms with E-state index in [1.165, 1.54) is 7.11 Å². The first-order valence-corrected chi connectivity index (χ1v) is 7.65. The lowest BCUT2D eigenvalue weighted by molar-refractivity contribution is -0.144. The van der Waals surface area contributed by atoms with Gasteiger partial charge < -0.3 is 15.2 Å². The van der Waals surface area contributed by atoms with Crippen LogP contribution in [-0.2, 0) is 20.7 Å². The first kappa shape index (κ1) is 18.2. The van der Waals surface area contributed by atoms with Crippen molar-refractivity contribution in [2.45, 2.75) is 18.6 Å². The normalized spacial score (nSPS) is 12.6. The molecular weight excluding hydrogens is 320 g/mol. The molecule has 0 radical (unpaired) electrons. The maximum Gasteiger partial charge on any atom is 0.326 e. The number of ether oxygens (including phenoxy) is 1. The van der Waals surface area contributed by atoms with E-state index in [9.17, 15) is 14.7 Å². The SMILES string of the molecule is CO[C@H](C(=O)N[C@H](Cc1ccccc1C#N)C(=O)O)c1ccccc1. The third kappa shape index (κ3) is 4.66. The molecule has 2 aromatic rings. The molecule has 25 heavy (non-hydrogen) atoms. The molecular formula is C19H18N2O4. The second-order valence-electron chi connectivity index (χ2n) is 5.40. The molecule has 2 atom stereocenters. The lowest BCUT2D eigenvalue weighted by Gasteiger charge is -2.20. The summed E-state index contributed by atoms with van der Waals surface area (Å²) in [7, 11) is 1.39. The summed E-state index contributed by atoms with van der Waals surface area (Å²) in [4.78, 5) is 24.0. The number of amides is 1. The van der Waals surface area contributed by atoms with Gasteiger partial charge in [0.1, 0.15) is 6.04 Å². The van der Waals surface area contributed by atoms with Crippen LogP contribution in [0.25, 0.3) is 0 Å². The topological polar surface area (TPSA) is 99.4 Å². The number of nitriles is 1. The van der Waals surface area contributed by atoms with Crippen molar-refractivity contribution in [3.63, 3.8) is 0 Å². The Kier molecular flexibility index (Phi) is 6.26. The number of nitrogens with one attached hydrogen (secondary N) is 1.